The van der Waals surface area contributed by atoms with Gasteiger partial charge in [0.05, 0.1) is 12.3 Å². The summed E-state index contributed by atoms with van der Waals surface area (Å²) < 4.78 is 10.1. The van der Waals surface area contributed by atoms with Crippen molar-refractivity contribution in [3.63, 3.8) is 0 Å². The SMILES string of the molecule is CCOC(=O)NCCC(=O)Nc1ccc2c(c1)NC(=O)C(C)O2. The van der Waals surface area contributed by atoms with Crippen LogP contribution in [0.2, 0.25) is 0 Å². The van der Waals surface area contributed by atoms with Crippen molar-refractivity contribution < 1.29 is 23.9 Å². The predicted molar refractivity (Wildman–Crippen MR) is 83.4 cm³/mol. The van der Waals surface area contributed by atoms with Gasteiger partial charge in [-0.1, -0.05) is 0 Å². The van der Waals surface area contributed by atoms with Crippen LogP contribution in [0.15, 0.2) is 18.2 Å². The van der Waals surface area contributed by atoms with E-state index < -0.39 is 12.2 Å². The van der Waals surface area contributed by atoms with Gasteiger partial charge in [-0.15, -0.1) is 0 Å². The van der Waals surface area contributed by atoms with Gasteiger partial charge in [-0.3, -0.25) is 9.59 Å². The van der Waals surface area contributed by atoms with Gasteiger partial charge in [0, 0.05) is 18.7 Å². The van der Waals surface area contributed by atoms with Crippen molar-refractivity contribution in [2.45, 2.75) is 26.4 Å². The van der Waals surface area contributed by atoms with E-state index in [0.29, 0.717) is 17.1 Å². The van der Waals surface area contributed by atoms with Crippen molar-refractivity contribution in [2.75, 3.05) is 23.8 Å². The minimum atomic E-state index is -0.553. The zero-order valence-electron chi connectivity index (χ0n) is 13.0. The molecule has 0 fully saturated rings. The van der Waals surface area contributed by atoms with E-state index in [-0.39, 0.29) is 31.4 Å². The first-order chi connectivity index (χ1) is 11.0. The Balaban J connectivity index is 1.86. The average Bonchev–Trinajstić information content (AvgIpc) is 2.49. The molecule has 0 radical (unpaired) electrons. The fraction of sp³-hybridized carbons (Fsp3) is 0.400. The second-order valence-corrected chi connectivity index (χ2v) is 4.91. The number of benzene rings is 1. The Morgan fingerprint density at radius 2 is 2.17 bits per heavy atom. The van der Waals surface area contributed by atoms with E-state index in [4.69, 9.17) is 4.74 Å². The van der Waals surface area contributed by atoms with E-state index >= 15 is 0 Å². The molecule has 0 bridgehead atoms. The number of hydrogen-bond donors (Lipinski definition) is 3. The topological polar surface area (TPSA) is 106 Å². The summed E-state index contributed by atoms with van der Waals surface area (Å²) >= 11 is 0. The molecule has 1 aromatic rings. The second kappa shape index (κ2) is 7.48. The van der Waals surface area contributed by atoms with Crippen molar-refractivity contribution >= 4 is 29.3 Å². The maximum absolute atomic E-state index is 11.8. The van der Waals surface area contributed by atoms with E-state index in [2.05, 4.69) is 20.7 Å². The average molecular weight is 321 g/mol. The first-order valence-corrected chi connectivity index (χ1v) is 7.31. The largest absolute Gasteiger partial charge is 0.479 e. The van der Waals surface area contributed by atoms with Gasteiger partial charge in [-0.2, -0.15) is 0 Å². The molecule has 124 valence electrons. The van der Waals surface area contributed by atoms with Crippen molar-refractivity contribution in [2.24, 2.45) is 0 Å². The Labute approximate surface area is 133 Å². The molecule has 1 aliphatic heterocycles. The molecular weight excluding hydrogens is 302 g/mol. The smallest absolute Gasteiger partial charge is 0.407 e. The molecule has 23 heavy (non-hydrogen) atoms. The lowest BCUT2D eigenvalue weighted by atomic mass is 10.2. The molecule has 1 atom stereocenters. The normalized spacial score (nSPS) is 15.7. The van der Waals surface area contributed by atoms with Crippen LogP contribution in [-0.4, -0.2) is 37.2 Å². The van der Waals surface area contributed by atoms with Gasteiger partial charge in [0.15, 0.2) is 6.10 Å². The molecule has 8 nitrogen and oxygen atoms in total. The maximum atomic E-state index is 11.8. The fourth-order valence-corrected chi connectivity index (χ4v) is 1.97. The van der Waals surface area contributed by atoms with Crippen LogP contribution < -0.4 is 20.7 Å². The second-order valence-electron chi connectivity index (χ2n) is 4.91. The molecule has 1 unspecified atom stereocenters. The monoisotopic (exact) mass is 321 g/mol. The molecule has 0 spiro atoms. The molecule has 8 heteroatoms. The van der Waals surface area contributed by atoms with E-state index in [9.17, 15) is 14.4 Å². The lowest BCUT2D eigenvalue weighted by Gasteiger charge is -2.23. The van der Waals surface area contributed by atoms with Crippen molar-refractivity contribution in [3.05, 3.63) is 18.2 Å². The Bertz CT molecular complexity index is 617. The van der Waals surface area contributed by atoms with Gasteiger partial charge in [-0.25, -0.2) is 4.79 Å². The molecular formula is C15H19N3O5. The number of rotatable bonds is 5. The molecule has 0 aliphatic carbocycles. The van der Waals surface area contributed by atoms with E-state index in [0.717, 1.165) is 0 Å². The lowest BCUT2D eigenvalue weighted by molar-refractivity contribution is -0.122. The molecule has 1 aromatic carbocycles. The third-order valence-corrected chi connectivity index (χ3v) is 3.09. The standard InChI is InChI=1S/C15H19N3O5/c1-3-22-15(21)16-7-6-13(19)17-10-4-5-12-11(8-10)18-14(20)9(2)23-12/h4-5,8-9H,3,6-7H2,1-2H3,(H,16,21)(H,17,19)(H,18,20). The van der Waals surface area contributed by atoms with Crippen LogP contribution in [0, 0.1) is 0 Å². The predicted octanol–water partition coefficient (Wildman–Crippen LogP) is 1.48. The van der Waals surface area contributed by atoms with E-state index in [1.807, 2.05) is 0 Å². The highest BCUT2D eigenvalue weighted by Gasteiger charge is 2.23. The number of fused-ring (bicyclic) bond motifs is 1. The van der Waals surface area contributed by atoms with Gasteiger partial charge in [-0.05, 0) is 32.0 Å². The third-order valence-electron chi connectivity index (χ3n) is 3.09. The van der Waals surface area contributed by atoms with E-state index in [1.165, 1.54) is 0 Å². The lowest BCUT2D eigenvalue weighted by Crippen LogP contribution is -2.34. The van der Waals surface area contributed by atoms with Crippen LogP contribution in [-0.2, 0) is 14.3 Å². The summed E-state index contributed by atoms with van der Waals surface area (Å²) in [5.74, 6) is 0.0526. The van der Waals surface area contributed by atoms with Crippen LogP contribution in [0.4, 0.5) is 16.2 Å². The zero-order chi connectivity index (χ0) is 16.8. The number of carbonyl (C=O) groups excluding carboxylic acids is 3. The van der Waals surface area contributed by atoms with Gasteiger partial charge in [0.25, 0.3) is 5.91 Å². The molecule has 0 saturated heterocycles. The Morgan fingerprint density at radius 3 is 2.91 bits per heavy atom. The third kappa shape index (κ3) is 4.60. The number of anilines is 2. The maximum Gasteiger partial charge on any atom is 0.407 e. The summed E-state index contributed by atoms with van der Waals surface area (Å²) in [7, 11) is 0. The number of carbonyl (C=O) groups is 3. The van der Waals surface area contributed by atoms with Gasteiger partial charge in [0.2, 0.25) is 5.91 Å². The summed E-state index contributed by atoms with van der Waals surface area (Å²) in [6.07, 6.45) is -0.990. The number of alkyl carbamates (subject to hydrolysis) is 1. The molecule has 0 saturated carbocycles. The minimum Gasteiger partial charge on any atom is -0.479 e. The molecule has 1 heterocycles. The molecule has 1 aliphatic rings. The highest BCUT2D eigenvalue weighted by Crippen LogP contribution is 2.32. The van der Waals surface area contributed by atoms with E-state index in [1.54, 1.807) is 32.0 Å². The van der Waals surface area contributed by atoms with Crippen LogP contribution in [0.1, 0.15) is 20.3 Å². The first-order valence-electron chi connectivity index (χ1n) is 7.31. The fourth-order valence-electron chi connectivity index (χ4n) is 1.97. The number of ether oxygens (including phenoxy) is 2. The first kappa shape index (κ1) is 16.6. The number of amides is 3. The quantitative estimate of drug-likeness (QED) is 0.762. The van der Waals surface area contributed by atoms with Crippen LogP contribution in [0.25, 0.3) is 0 Å². The van der Waals surface area contributed by atoms with Crippen molar-refractivity contribution in [1.82, 2.24) is 5.32 Å². The van der Waals surface area contributed by atoms with Gasteiger partial charge < -0.3 is 25.4 Å². The van der Waals surface area contributed by atoms with Crippen molar-refractivity contribution in [3.8, 4) is 5.75 Å². The molecule has 0 aromatic heterocycles. The van der Waals surface area contributed by atoms with Gasteiger partial charge >= 0.3 is 6.09 Å². The van der Waals surface area contributed by atoms with Crippen LogP contribution >= 0.6 is 0 Å². The number of hydrogen-bond acceptors (Lipinski definition) is 5. The molecule has 3 amide bonds. The van der Waals surface area contributed by atoms with Crippen LogP contribution in [0.3, 0.4) is 0 Å². The summed E-state index contributed by atoms with van der Waals surface area (Å²) in [5.41, 5.74) is 1.04. The van der Waals surface area contributed by atoms with Gasteiger partial charge in [0.1, 0.15) is 5.75 Å². The summed E-state index contributed by atoms with van der Waals surface area (Å²) in [6.45, 7) is 3.81. The van der Waals surface area contributed by atoms with Crippen LogP contribution in [0.5, 0.6) is 5.75 Å². The highest BCUT2D eigenvalue weighted by atomic mass is 16.5. The highest BCUT2D eigenvalue weighted by molar-refractivity contribution is 5.99. The zero-order valence-corrected chi connectivity index (χ0v) is 13.0. The summed E-state index contributed by atoms with van der Waals surface area (Å²) in [4.78, 5) is 34.5. The minimum absolute atomic E-state index is 0.107. The molecule has 3 N–H and O–H groups in total. The summed E-state index contributed by atoms with van der Waals surface area (Å²) in [6, 6.07) is 4.98. The Hall–Kier alpha value is -2.77. The number of nitrogens with one attached hydrogen (secondary N) is 3. The Morgan fingerprint density at radius 1 is 1.39 bits per heavy atom. The Kier molecular flexibility index (Phi) is 5.40. The summed E-state index contributed by atoms with van der Waals surface area (Å²) in [5, 5.41) is 7.85. The van der Waals surface area contributed by atoms with Crippen molar-refractivity contribution in [1.29, 1.82) is 0 Å². The molecule has 2 rings (SSSR count).